The van der Waals surface area contributed by atoms with Crippen LogP contribution < -0.4 is 10.6 Å². The summed E-state index contributed by atoms with van der Waals surface area (Å²) < 4.78 is 0. The lowest BCUT2D eigenvalue weighted by Crippen LogP contribution is -2.44. The fourth-order valence-corrected chi connectivity index (χ4v) is 3.70. The second-order valence-corrected chi connectivity index (χ2v) is 6.49. The minimum atomic E-state index is 0.563. The molecule has 2 aliphatic rings. The highest BCUT2D eigenvalue weighted by Crippen LogP contribution is 2.43. The molecule has 0 aromatic rings. The molecule has 2 heteroatoms. The summed E-state index contributed by atoms with van der Waals surface area (Å²) in [7, 11) is 0. The van der Waals surface area contributed by atoms with Gasteiger partial charge in [-0.15, -0.1) is 0 Å². The Kier molecular flexibility index (Phi) is 4.48. The van der Waals surface area contributed by atoms with Gasteiger partial charge in [0.2, 0.25) is 0 Å². The van der Waals surface area contributed by atoms with Crippen LogP contribution in [0.5, 0.6) is 0 Å². The average molecular weight is 238 g/mol. The lowest BCUT2D eigenvalue weighted by Gasteiger charge is -2.42. The molecule has 2 fully saturated rings. The van der Waals surface area contributed by atoms with Crippen molar-refractivity contribution in [2.75, 3.05) is 26.2 Å². The number of rotatable bonds is 7. The second kappa shape index (κ2) is 5.71. The molecule has 100 valence electrons. The van der Waals surface area contributed by atoms with Crippen LogP contribution in [0.1, 0.15) is 58.8 Å². The van der Waals surface area contributed by atoms with Crippen LogP contribution in [-0.2, 0) is 0 Å². The molecule has 0 amide bonds. The summed E-state index contributed by atoms with van der Waals surface area (Å²) in [4.78, 5) is 0. The molecule has 1 saturated heterocycles. The summed E-state index contributed by atoms with van der Waals surface area (Å²) >= 11 is 0. The molecule has 2 rings (SSSR count). The summed E-state index contributed by atoms with van der Waals surface area (Å²) in [5.41, 5.74) is 1.23. The molecule has 2 nitrogen and oxygen atoms in total. The van der Waals surface area contributed by atoms with E-state index >= 15 is 0 Å². The molecule has 1 saturated carbocycles. The zero-order valence-corrected chi connectivity index (χ0v) is 11.8. The lowest BCUT2D eigenvalue weighted by atomic mass is 9.67. The third-order valence-electron chi connectivity index (χ3n) is 5.28. The molecule has 1 atom stereocenters. The van der Waals surface area contributed by atoms with Crippen LogP contribution in [0, 0.1) is 10.8 Å². The molecule has 0 spiro atoms. The van der Waals surface area contributed by atoms with Gasteiger partial charge in [0.25, 0.3) is 0 Å². The molecule has 17 heavy (non-hydrogen) atoms. The zero-order valence-electron chi connectivity index (χ0n) is 11.8. The van der Waals surface area contributed by atoms with Gasteiger partial charge in [-0.3, -0.25) is 0 Å². The number of hydrogen-bond donors (Lipinski definition) is 2. The van der Waals surface area contributed by atoms with Crippen molar-refractivity contribution >= 4 is 0 Å². The normalized spacial score (nSPS) is 31.4. The third-order valence-corrected chi connectivity index (χ3v) is 5.28. The van der Waals surface area contributed by atoms with E-state index in [0.29, 0.717) is 10.8 Å². The first-order valence-electron chi connectivity index (χ1n) is 7.66. The SMILES string of the molecule is CCCC1(CNCC2(CC)CCC2)CCNC1. The van der Waals surface area contributed by atoms with E-state index in [1.54, 1.807) is 0 Å². The number of hydrogen-bond acceptors (Lipinski definition) is 2. The quantitative estimate of drug-likeness (QED) is 0.712. The van der Waals surface area contributed by atoms with Crippen LogP contribution in [0.2, 0.25) is 0 Å². The highest BCUT2D eigenvalue weighted by molar-refractivity contribution is 4.92. The van der Waals surface area contributed by atoms with E-state index in [9.17, 15) is 0 Å². The molecule has 0 aromatic heterocycles. The van der Waals surface area contributed by atoms with Crippen molar-refractivity contribution in [2.45, 2.75) is 58.8 Å². The van der Waals surface area contributed by atoms with Gasteiger partial charge in [0, 0.05) is 19.6 Å². The molecular formula is C15H30N2. The maximum Gasteiger partial charge on any atom is 0.00207 e. The molecule has 0 radical (unpaired) electrons. The fourth-order valence-electron chi connectivity index (χ4n) is 3.70. The largest absolute Gasteiger partial charge is 0.316 e. The Bertz CT molecular complexity index is 222. The lowest BCUT2D eigenvalue weighted by molar-refractivity contribution is 0.116. The van der Waals surface area contributed by atoms with Gasteiger partial charge >= 0.3 is 0 Å². The topological polar surface area (TPSA) is 24.1 Å². The summed E-state index contributed by atoms with van der Waals surface area (Å²) in [5.74, 6) is 0. The van der Waals surface area contributed by atoms with Crippen molar-refractivity contribution in [1.29, 1.82) is 0 Å². The van der Waals surface area contributed by atoms with E-state index in [1.807, 2.05) is 0 Å². The number of nitrogens with one attached hydrogen (secondary N) is 2. The van der Waals surface area contributed by atoms with E-state index in [2.05, 4.69) is 24.5 Å². The first-order valence-corrected chi connectivity index (χ1v) is 7.66. The van der Waals surface area contributed by atoms with Crippen molar-refractivity contribution in [3.63, 3.8) is 0 Å². The Morgan fingerprint density at radius 3 is 2.29 bits per heavy atom. The monoisotopic (exact) mass is 238 g/mol. The Hall–Kier alpha value is -0.0800. The van der Waals surface area contributed by atoms with Gasteiger partial charge in [-0.05, 0) is 49.5 Å². The van der Waals surface area contributed by atoms with Crippen LogP contribution in [0.25, 0.3) is 0 Å². The van der Waals surface area contributed by atoms with Gasteiger partial charge < -0.3 is 10.6 Å². The van der Waals surface area contributed by atoms with E-state index in [4.69, 9.17) is 0 Å². The predicted octanol–water partition coefficient (Wildman–Crippen LogP) is 2.94. The van der Waals surface area contributed by atoms with Crippen LogP contribution in [-0.4, -0.2) is 26.2 Å². The predicted molar refractivity (Wildman–Crippen MR) is 74.3 cm³/mol. The van der Waals surface area contributed by atoms with Gasteiger partial charge in [-0.2, -0.15) is 0 Å². The Balaban J connectivity index is 1.75. The zero-order chi connectivity index (χ0) is 12.2. The molecule has 0 aromatic carbocycles. The first kappa shape index (κ1) is 13.4. The minimum Gasteiger partial charge on any atom is -0.316 e. The van der Waals surface area contributed by atoms with Crippen LogP contribution in [0.4, 0.5) is 0 Å². The molecule has 1 aliphatic heterocycles. The van der Waals surface area contributed by atoms with E-state index < -0.39 is 0 Å². The van der Waals surface area contributed by atoms with E-state index in [-0.39, 0.29) is 0 Å². The first-order chi connectivity index (χ1) is 8.24. The molecule has 1 unspecified atom stereocenters. The second-order valence-electron chi connectivity index (χ2n) is 6.49. The highest BCUT2D eigenvalue weighted by Gasteiger charge is 2.37. The fraction of sp³-hybridized carbons (Fsp3) is 1.00. The molecule has 0 bridgehead atoms. The average Bonchev–Trinajstić information content (AvgIpc) is 2.72. The molecule has 1 aliphatic carbocycles. The molecular weight excluding hydrogens is 208 g/mol. The highest BCUT2D eigenvalue weighted by atomic mass is 15.0. The van der Waals surface area contributed by atoms with Crippen LogP contribution in [0.3, 0.4) is 0 Å². The van der Waals surface area contributed by atoms with Gasteiger partial charge in [0.15, 0.2) is 0 Å². The van der Waals surface area contributed by atoms with Crippen LogP contribution >= 0.6 is 0 Å². The van der Waals surface area contributed by atoms with Gasteiger partial charge in [-0.1, -0.05) is 26.7 Å². The summed E-state index contributed by atoms with van der Waals surface area (Å²) in [6, 6.07) is 0. The molecule has 2 N–H and O–H groups in total. The summed E-state index contributed by atoms with van der Waals surface area (Å²) in [6.45, 7) is 9.62. The van der Waals surface area contributed by atoms with Crippen molar-refractivity contribution in [3.05, 3.63) is 0 Å². The maximum absolute atomic E-state index is 3.81. The Morgan fingerprint density at radius 1 is 1.06 bits per heavy atom. The summed E-state index contributed by atoms with van der Waals surface area (Å²) in [5, 5.41) is 7.35. The van der Waals surface area contributed by atoms with Crippen LogP contribution in [0.15, 0.2) is 0 Å². The Morgan fingerprint density at radius 2 is 1.82 bits per heavy atom. The smallest absolute Gasteiger partial charge is 0.00207 e. The standard InChI is InChI=1S/C15H30N2/c1-3-6-15(9-10-16-12-15)13-17-11-14(4-2)7-5-8-14/h16-17H,3-13H2,1-2H3. The summed E-state index contributed by atoms with van der Waals surface area (Å²) in [6.07, 6.45) is 9.79. The van der Waals surface area contributed by atoms with Crippen molar-refractivity contribution < 1.29 is 0 Å². The van der Waals surface area contributed by atoms with Gasteiger partial charge in [-0.25, -0.2) is 0 Å². The van der Waals surface area contributed by atoms with Gasteiger partial charge in [0.1, 0.15) is 0 Å². The molecule has 1 heterocycles. The van der Waals surface area contributed by atoms with Crippen molar-refractivity contribution in [3.8, 4) is 0 Å². The van der Waals surface area contributed by atoms with Crippen molar-refractivity contribution in [2.24, 2.45) is 10.8 Å². The van der Waals surface area contributed by atoms with E-state index in [0.717, 1.165) is 0 Å². The Labute approximate surface area is 107 Å². The minimum absolute atomic E-state index is 0.563. The van der Waals surface area contributed by atoms with Gasteiger partial charge in [0.05, 0.1) is 0 Å². The maximum atomic E-state index is 3.81. The van der Waals surface area contributed by atoms with Crippen molar-refractivity contribution in [1.82, 2.24) is 10.6 Å². The third kappa shape index (κ3) is 3.03. The van der Waals surface area contributed by atoms with E-state index in [1.165, 1.54) is 71.1 Å².